The third kappa shape index (κ3) is 3.61. The van der Waals surface area contributed by atoms with Gasteiger partial charge >= 0.3 is 0 Å². The van der Waals surface area contributed by atoms with Crippen molar-refractivity contribution >= 4 is 46.2 Å². The molecule has 2 aliphatic rings. The summed E-state index contributed by atoms with van der Waals surface area (Å²) in [6, 6.07) is 15.9. The Balaban J connectivity index is 1.67. The third-order valence-corrected chi connectivity index (χ3v) is 5.74. The second-order valence-electron chi connectivity index (χ2n) is 6.11. The van der Waals surface area contributed by atoms with Crippen molar-refractivity contribution in [3.8, 4) is 0 Å². The molecule has 0 radical (unpaired) electrons. The number of thioether (sulfide) groups is 1. The van der Waals surface area contributed by atoms with Crippen LogP contribution >= 0.6 is 35.0 Å². The van der Waals surface area contributed by atoms with Crippen molar-refractivity contribution in [3.05, 3.63) is 98.7 Å². The molecule has 4 rings (SSSR count). The summed E-state index contributed by atoms with van der Waals surface area (Å²) >= 11 is 13.7. The SMILES string of the molecule is CC1=CSC2=NC(/C=C/c3ccc(Cl)cc3)=CC(c3ccc(Cl)cc3)N12. The Kier molecular flexibility index (Phi) is 4.94. The van der Waals surface area contributed by atoms with Crippen LogP contribution in [0.1, 0.15) is 24.1 Å². The summed E-state index contributed by atoms with van der Waals surface area (Å²) in [5.41, 5.74) is 4.43. The maximum Gasteiger partial charge on any atom is 0.173 e. The van der Waals surface area contributed by atoms with Crippen LogP contribution in [0.3, 0.4) is 0 Å². The minimum atomic E-state index is 0.107. The van der Waals surface area contributed by atoms with Crippen molar-refractivity contribution in [2.45, 2.75) is 13.0 Å². The first-order valence-corrected chi connectivity index (χ1v) is 9.86. The van der Waals surface area contributed by atoms with Gasteiger partial charge in [-0.2, -0.15) is 0 Å². The van der Waals surface area contributed by atoms with Crippen LogP contribution in [-0.4, -0.2) is 10.1 Å². The molecule has 2 aromatic rings. The maximum absolute atomic E-state index is 6.06. The Hall–Kier alpha value is -1.94. The van der Waals surface area contributed by atoms with Crippen LogP contribution in [0.5, 0.6) is 0 Å². The quantitative estimate of drug-likeness (QED) is 0.557. The molecule has 0 N–H and O–H groups in total. The molecule has 1 atom stereocenters. The van der Waals surface area contributed by atoms with E-state index < -0.39 is 0 Å². The van der Waals surface area contributed by atoms with Crippen LogP contribution in [0.15, 0.2) is 82.5 Å². The Morgan fingerprint density at radius 2 is 1.62 bits per heavy atom. The molecule has 0 bridgehead atoms. The zero-order valence-corrected chi connectivity index (χ0v) is 16.4. The first-order valence-electron chi connectivity index (χ1n) is 8.22. The Morgan fingerprint density at radius 3 is 2.31 bits per heavy atom. The number of fused-ring (bicyclic) bond motifs is 1. The van der Waals surface area contributed by atoms with E-state index in [2.05, 4.69) is 41.5 Å². The van der Waals surface area contributed by atoms with Gasteiger partial charge in [0.1, 0.15) is 0 Å². The van der Waals surface area contributed by atoms with Gasteiger partial charge in [-0.1, -0.05) is 65.3 Å². The molecule has 0 saturated heterocycles. The van der Waals surface area contributed by atoms with E-state index in [1.54, 1.807) is 11.8 Å². The lowest BCUT2D eigenvalue weighted by molar-refractivity contribution is 0.452. The van der Waals surface area contributed by atoms with E-state index in [4.69, 9.17) is 28.2 Å². The lowest BCUT2D eigenvalue weighted by Crippen LogP contribution is -2.30. The summed E-state index contributed by atoms with van der Waals surface area (Å²) < 4.78 is 0. The fourth-order valence-corrected chi connectivity index (χ4v) is 4.13. The second-order valence-corrected chi connectivity index (χ2v) is 7.82. The lowest BCUT2D eigenvalue weighted by atomic mass is 10.0. The number of allylic oxidation sites excluding steroid dienone is 2. The standard InChI is InChI=1S/C21H16Cl2N2S/c1-14-13-26-21-24-19(11-4-15-2-7-17(22)8-3-15)12-20(25(14)21)16-5-9-18(23)10-6-16/h2-13,20H,1H3/b11-4+. The zero-order valence-electron chi connectivity index (χ0n) is 14.1. The van der Waals surface area contributed by atoms with Crippen LogP contribution in [-0.2, 0) is 0 Å². The summed E-state index contributed by atoms with van der Waals surface area (Å²) in [6.07, 6.45) is 6.29. The molecule has 2 aliphatic heterocycles. The lowest BCUT2D eigenvalue weighted by Gasteiger charge is -2.32. The highest BCUT2D eigenvalue weighted by atomic mass is 35.5. The molecule has 26 heavy (non-hydrogen) atoms. The topological polar surface area (TPSA) is 15.6 Å². The van der Waals surface area contributed by atoms with Gasteiger partial charge in [0.05, 0.1) is 11.7 Å². The average molecular weight is 399 g/mol. The second kappa shape index (κ2) is 7.36. The molecule has 0 aromatic heterocycles. The van der Waals surface area contributed by atoms with Gasteiger partial charge in [0.15, 0.2) is 5.17 Å². The first kappa shape index (κ1) is 17.5. The number of nitrogens with zero attached hydrogens (tertiary/aromatic N) is 2. The van der Waals surface area contributed by atoms with Crippen molar-refractivity contribution in [1.82, 2.24) is 4.90 Å². The van der Waals surface area contributed by atoms with Crippen LogP contribution in [0.25, 0.3) is 6.08 Å². The number of amidine groups is 1. The molecule has 0 aliphatic carbocycles. The monoisotopic (exact) mass is 398 g/mol. The van der Waals surface area contributed by atoms with Gasteiger partial charge in [0.25, 0.3) is 0 Å². The van der Waals surface area contributed by atoms with Gasteiger partial charge in [-0.05, 0) is 59.9 Å². The van der Waals surface area contributed by atoms with E-state index in [9.17, 15) is 0 Å². The molecule has 0 spiro atoms. The minimum Gasteiger partial charge on any atom is -0.313 e. The van der Waals surface area contributed by atoms with Crippen molar-refractivity contribution in [3.63, 3.8) is 0 Å². The van der Waals surface area contributed by atoms with Crippen molar-refractivity contribution in [1.29, 1.82) is 0 Å². The number of hydrogen-bond acceptors (Lipinski definition) is 3. The molecular formula is C21H16Cl2N2S. The van der Waals surface area contributed by atoms with Gasteiger partial charge in [-0.15, -0.1) is 0 Å². The number of aliphatic imine (C=N–C) groups is 1. The first-order chi connectivity index (χ1) is 12.6. The van der Waals surface area contributed by atoms with Crippen molar-refractivity contribution in [2.75, 3.05) is 0 Å². The zero-order chi connectivity index (χ0) is 18.1. The van der Waals surface area contributed by atoms with E-state index in [-0.39, 0.29) is 6.04 Å². The van der Waals surface area contributed by atoms with Gasteiger partial charge in [0, 0.05) is 15.7 Å². The highest BCUT2D eigenvalue weighted by Crippen LogP contribution is 2.40. The summed E-state index contributed by atoms with van der Waals surface area (Å²) in [6.45, 7) is 2.11. The average Bonchev–Trinajstić information content (AvgIpc) is 3.02. The smallest absolute Gasteiger partial charge is 0.173 e. The fraction of sp³-hybridized carbons (Fsp3) is 0.0952. The normalized spacial score (nSPS) is 19.3. The summed E-state index contributed by atoms with van der Waals surface area (Å²) in [4.78, 5) is 7.05. The van der Waals surface area contributed by atoms with Crippen LogP contribution in [0.4, 0.5) is 0 Å². The predicted molar refractivity (Wildman–Crippen MR) is 113 cm³/mol. The van der Waals surface area contributed by atoms with E-state index >= 15 is 0 Å². The molecule has 2 aromatic carbocycles. The van der Waals surface area contributed by atoms with Gasteiger partial charge < -0.3 is 4.90 Å². The molecule has 130 valence electrons. The summed E-state index contributed by atoms with van der Waals surface area (Å²) in [5.74, 6) is 0. The number of benzene rings is 2. The Labute approximate surface area is 167 Å². The van der Waals surface area contributed by atoms with E-state index in [1.165, 1.54) is 11.3 Å². The summed E-state index contributed by atoms with van der Waals surface area (Å²) in [7, 11) is 0. The molecule has 0 saturated carbocycles. The largest absolute Gasteiger partial charge is 0.313 e. The fourth-order valence-electron chi connectivity index (χ4n) is 2.96. The Bertz CT molecular complexity index is 941. The van der Waals surface area contributed by atoms with E-state index in [0.717, 1.165) is 26.5 Å². The highest BCUT2D eigenvalue weighted by Gasteiger charge is 2.30. The number of halogens is 2. The molecule has 0 amide bonds. The van der Waals surface area contributed by atoms with E-state index in [0.29, 0.717) is 0 Å². The van der Waals surface area contributed by atoms with Crippen LogP contribution < -0.4 is 0 Å². The predicted octanol–water partition coefficient (Wildman–Crippen LogP) is 6.91. The third-order valence-electron chi connectivity index (χ3n) is 4.28. The highest BCUT2D eigenvalue weighted by molar-refractivity contribution is 8.16. The molecular weight excluding hydrogens is 383 g/mol. The molecule has 2 nitrogen and oxygen atoms in total. The van der Waals surface area contributed by atoms with Crippen molar-refractivity contribution < 1.29 is 0 Å². The van der Waals surface area contributed by atoms with Crippen LogP contribution in [0.2, 0.25) is 10.0 Å². The number of rotatable bonds is 3. The summed E-state index contributed by atoms with van der Waals surface area (Å²) in [5, 5.41) is 4.62. The minimum absolute atomic E-state index is 0.107. The number of hydrogen-bond donors (Lipinski definition) is 0. The van der Waals surface area contributed by atoms with Crippen molar-refractivity contribution in [2.24, 2.45) is 4.99 Å². The van der Waals surface area contributed by atoms with Gasteiger partial charge in [0.2, 0.25) is 0 Å². The maximum atomic E-state index is 6.06. The molecule has 2 heterocycles. The van der Waals surface area contributed by atoms with Crippen LogP contribution in [0, 0.1) is 0 Å². The van der Waals surface area contributed by atoms with Gasteiger partial charge in [-0.25, -0.2) is 4.99 Å². The van der Waals surface area contributed by atoms with Gasteiger partial charge in [-0.3, -0.25) is 0 Å². The molecule has 5 heteroatoms. The molecule has 0 fully saturated rings. The Morgan fingerprint density at radius 1 is 0.962 bits per heavy atom. The van der Waals surface area contributed by atoms with E-state index in [1.807, 2.05) is 42.5 Å². The molecule has 1 unspecified atom stereocenters.